The first-order chi connectivity index (χ1) is 7.81. The van der Waals surface area contributed by atoms with Crippen molar-refractivity contribution in [2.45, 2.75) is 44.7 Å². The van der Waals surface area contributed by atoms with Crippen LogP contribution in [0.3, 0.4) is 0 Å². The van der Waals surface area contributed by atoms with Crippen LogP contribution in [0.1, 0.15) is 43.4 Å². The summed E-state index contributed by atoms with van der Waals surface area (Å²) in [6.45, 7) is 2.16. The van der Waals surface area contributed by atoms with Gasteiger partial charge in [-0.2, -0.15) is 0 Å². The minimum absolute atomic E-state index is 0.404. The number of hydrogen-bond donors (Lipinski definition) is 1. The number of nitrogens with one attached hydrogen (secondary N) is 1. The van der Waals surface area contributed by atoms with Crippen LogP contribution < -0.4 is 5.32 Å². The van der Waals surface area contributed by atoms with Gasteiger partial charge in [0.15, 0.2) is 0 Å². The SMILES string of the molecule is C#CCC(C)NC1CCCc2ccccc21. The zero-order valence-corrected chi connectivity index (χ0v) is 9.87. The lowest BCUT2D eigenvalue weighted by Crippen LogP contribution is -2.32. The van der Waals surface area contributed by atoms with Crippen LogP contribution in [-0.2, 0) is 6.42 Å². The van der Waals surface area contributed by atoms with Gasteiger partial charge in [-0.1, -0.05) is 24.3 Å². The van der Waals surface area contributed by atoms with Crippen LogP contribution >= 0.6 is 0 Å². The summed E-state index contributed by atoms with van der Waals surface area (Å²) in [5.74, 6) is 2.72. The minimum atomic E-state index is 0.404. The predicted octanol–water partition coefficient (Wildman–Crippen LogP) is 3.07. The Bertz CT molecular complexity index is 389. The largest absolute Gasteiger partial charge is 0.306 e. The average Bonchev–Trinajstić information content (AvgIpc) is 2.30. The van der Waals surface area contributed by atoms with Gasteiger partial charge in [0.2, 0.25) is 0 Å². The minimum Gasteiger partial charge on any atom is -0.306 e. The van der Waals surface area contributed by atoms with E-state index in [0.29, 0.717) is 12.1 Å². The third kappa shape index (κ3) is 2.46. The van der Waals surface area contributed by atoms with Crippen LogP contribution in [0, 0.1) is 12.3 Å². The molecule has 0 amide bonds. The summed E-state index contributed by atoms with van der Waals surface area (Å²) in [5.41, 5.74) is 2.97. The fraction of sp³-hybridized carbons (Fsp3) is 0.467. The van der Waals surface area contributed by atoms with Crippen molar-refractivity contribution < 1.29 is 0 Å². The Hall–Kier alpha value is -1.26. The van der Waals surface area contributed by atoms with E-state index in [-0.39, 0.29) is 0 Å². The number of hydrogen-bond acceptors (Lipinski definition) is 1. The first-order valence-electron chi connectivity index (χ1n) is 6.08. The van der Waals surface area contributed by atoms with Gasteiger partial charge < -0.3 is 5.32 Å². The standard InChI is InChI=1S/C15H19N/c1-3-7-12(2)16-15-11-6-9-13-8-4-5-10-14(13)15/h1,4-5,8,10,12,15-16H,6-7,9,11H2,2H3. The monoisotopic (exact) mass is 213 g/mol. The second-order valence-corrected chi connectivity index (χ2v) is 4.62. The van der Waals surface area contributed by atoms with E-state index >= 15 is 0 Å². The molecule has 1 N–H and O–H groups in total. The molecule has 1 heteroatoms. The molecule has 0 bridgehead atoms. The molecule has 0 fully saturated rings. The fourth-order valence-corrected chi connectivity index (χ4v) is 2.51. The van der Waals surface area contributed by atoms with Gasteiger partial charge in [0.05, 0.1) is 0 Å². The normalized spacial score (nSPS) is 20.9. The third-order valence-corrected chi connectivity index (χ3v) is 3.28. The second-order valence-electron chi connectivity index (χ2n) is 4.62. The summed E-state index contributed by atoms with van der Waals surface area (Å²) in [4.78, 5) is 0. The zero-order valence-electron chi connectivity index (χ0n) is 9.87. The highest BCUT2D eigenvalue weighted by Gasteiger charge is 2.20. The molecular formula is C15H19N. The molecule has 1 nitrogen and oxygen atoms in total. The summed E-state index contributed by atoms with van der Waals surface area (Å²) in [6, 6.07) is 9.65. The highest BCUT2D eigenvalue weighted by Crippen LogP contribution is 2.29. The van der Waals surface area contributed by atoms with Crippen LogP contribution in [-0.4, -0.2) is 6.04 Å². The molecule has 1 aromatic carbocycles. The molecular weight excluding hydrogens is 194 g/mol. The molecule has 0 saturated carbocycles. The number of aryl methyl sites for hydroxylation is 1. The molecule has 0 spiro atoms. The van der Waals surface area contributed by atoms with Crippen molar-refractivity contribution in [2.75, 3.05) is 0 Å². The molecule has 1 aliphatic rings. The second kappa shape index (κ2) is 5.18. The molecule has 2 rings (SSSR count). The smallest absolute Gasteiger partial charge is 0.0325 e. The van der Waals surface area contributed by atoms with Gasteiger partial charge >= 0.3 is 0 Å². The summed E-state index contributed by atoms with van der Waals surface area (Å²) in [5, 5.41) is 3.63. The summed E-state index contributed by atoms with van der Waals surface area (Å²) in [6.07, 6.45) is 9.87. The molecule has 2 unspecified atom stereocenters. The third-order valence-electron chi connectivity index (χ3n) is 3.28. The van der Waals surface area contributed by atoms with E-state index in [4.69, 9.17) is 6.42 Å². The number of fused-ring (bicyclic) bond motifs is 1. The maximum Gasteiger partial charge on any atom is 0.0325 e. The molecule has 0 aliphatic heterocycles. The quantitative estimate of drug-likeness (QED) is 0.761. The van der Waals surface area contributed by atoms with E-state index in [1.165, 1.54) is 30.4 Å². The summed E-state index contributed by atoms with van der Waals surface area (Å²) < 4.78 is 0. The Morgan fingerprint density at radius 1 is 1.50 bits per heavy atom. The van der Waals surface area contributed by atoms with Crippen molar-refractivity contribution in [3.8, 4) is 12.3 Å². The van der Waals surface area contributed by atoms with Crippen molar-refractivity contribution in [3.63, 3.8) is 0 Å². The average molecular weight is 213 g/mol. The topological polar surface area (TPSA) is 12.0 Å². The molecule has 84 valence electrons. The Labute approximate surface area is 98.3 Å². The predicted molar refractivity (Wildman–Crippen MR) is 68.2 cm³/mol. The Kier molecular flexibility index (Phi) is 3.64. The van der Waals surface area contributed by atoms with Gasteiger partial charge in [-0.05, 0) is 37.3 Å². The van der Waals surface area contributed by atoms with E-state index in [1.807, 2.05) is 0 Å². The maximum absolute atomic E-state index is 5.34. The van der Waals surface area contributed by atoms with Gasteiger partial charge in [-0.3, -0.25) is 0 Å². The maximum atomic E-state index is 5.34. The molecule has 0 heterocycles. The Morgan fingerprint density at radius 2 is 2.31 bits per heavy atom. The van der Waals surface area contributed by atoms with Crippen molar-refractivity contribution in [2.24, 2.45) is 0 Å². The number of benzene rings is 1. The highest BCUT2D eigenvalue weighted by molar-refractivity contribution is 5.32. The number of rotatable bonds is 3. The van der Waals surface area contributed by atoms with Crippen molar-refractivity contribution in [1.82, 2.24) is 5.32 Å². The van der Waals surface area contributed by atoms with Crippen LogP contribution in [0.2, 0.25) is 0 Å². The lowest BCUT2D eigenvalue weighted by molar-refractivity contribution is 0.412. The van der Waals surface area contributed by atoms with Crippen LogP contribution in [0.25, 0.3) is 0 Å². The van der Waals surface area contributed by atoms with Gasteiger partial charge in [0, 0.05) is 18.5 Å². The first kappa shape index (κ1) is 11.2. The van der Waals surface area contributed by atoms with Crippen LogP contribution in [0.4, 0.5) is 0 Å². The van der Waals surface area contributed by atoms with Gasteiger partial charge in [0.1, 0.15) is 0 Å². The van der Waals surface area contributed by atoms with Crippen molar-refractivity contribution >= 4 is 0 Å². The summed E-state index contributed by atoms with van der Waals surface area (Å²) in [7, 11) is 0. The lowest BCUT2D eigenvalue weighted by Gasteiger charge is -2.28. The zero-order chi connectivity index (χ0) is 11.4. The Balaban J connectivity index is 2.10. The molecule has 0 saturated heterocycles. The van der Waals surface area contributed by atoms with Crippen LogP contribution in [0.15, 0.2) is 24.3 Å². The van der Waals surface area contributed by atoms with Gasteiger partial charge in [-0.15, -0.1) is 12.3 Å². The van der Waals surface area contributed by atoms with Gasteiger partial charge in [0.25, 0.3) is 0 Å². The number of terminal acetylenes is 1. The molecule has 1 aromatic rings. The molecule has 2 atom stereocenters. The Morgan fingerprint density at radius 3 is 3.12 bits per heavy atom. The first-order valence-corrected chi connectivity index (χ1v) is 6.08. The van der Waals surface area contributed by atoms with E-state index in [0.717, 1.165) is 6.42 Å². The molecule has 0 aromatic heterocycles. The van der Waals surface area contributed by atoms with E-state index in [2.05, 4.69) is 42.4 Å². The molecule has 16 heavy (non-hydrogen) atoms. The van der Waals surface area contributed by atoms with E-state index in [9.17, 15) is 0 Å². The van der Waals surface area contributed by atoms with E-state index < -0.39 is 0 Å². The fourth-order valence-electron chi connectivity index (χ4n) is 2.51. The van der Waals surface area contributed by atoms with Crippen molar-refractivity contribution in [1.29, 1.82) is 0 Å². The highest BCUT2D eigenvalue weighted by atomic mass is 14.9. The van der Waals surface area contributed by atoms with E-state index in [1.54, 1.807) is 0 Å². The van der Waals surface area contributed by atoms with Crippen LogP contribution in [0.5, 0.6) is 0 Å². The molecule has 0 radical (unpaired) electrons. The molecule has 1 aliphatic carbocycles. The summed E-state index contributed by atoms with van der Waals surface area (Å²) >= 11 is 0. The van der Waals surface area contributed by atoms with Gasteiger partial charge in [-0.25, -0.2) is 0 Å². The van der Waals surface area contributed by atoms with Crippen molar-refractivity contribution in [3.05, 3.63) is 35.4 Å². The lowest BCUT2D eigenvalue weighted by atomic mass is 9.87.